The minimum atomic E-state index is -4.42. The Hall–Kier alpha value is -1.39. The highest BCUT2D eigenvalue weighted by molar-refractivity contribution is 7.09. The molecule has 26 heavy (non-hydrogen) atoms. The van der Waals surface area contributed by atoms with Crippen LogP contribution in [-0.4, -0.2) is 60.9 Å². The standard InChI is InChI=1S/C16H23F3N4O2S/c1-2-20-15(21-8-14-22-13(10-26-14)16(17,18)19)23-5-7-25-12(9-23)11-4-3-6-24-11/h10-12H,2-9H2,1H3,(H,20,21). The average molecular weight is 392 g/mol. The molecule has 0 saturated carbocycles. The van der Waals surface area contributed by atoms with Crippen LogP contribution in [0.4, 0.5) is 13.2 Å². The van der Waals surface area contributed by atoms with Crippen molar-refractivity contribution in [3.05, 3.63) is 16.1 Å². The number of alkyl halides is 3. The molecule has 146 valence electrons. The van der Waals surface area contributed by atoms with E-state index in [0.29, 0.717) is 37.2 Å². The van der Waals surface area contributed by atoms with Crippen LogP contribution in [0.5, 0.6) is 0 Å². The van der Waals surface area contributed by atoms with Crippen molar-refractivity contribution in [1.29, 1.82) is 0 Å². The third-order valence-corrected chi connectivity index (χ3v) is 5.15. The summed E-state index contributed by atoms with van der Waals surface area (Å²) in [5, 5.41) is 4.58. The summed E-state index contributed by atoms with van der Waals surface area (Å²) in [5.41, 5.74) is -0.859. The van der Waals surface area contributed by atoms with Gasteiger partial charge in [0.1, 0.15) is 11.1 Å². The Morgan fingerprint density at radius 2 is 2.19 bits per heavy atom. The van der Waals surface area contributed by atoms with Crippen LogP contribution in [0.2, 0.25) is 0 Å². The summed E-state index contributed by atoms with van der Waals surface area (Å²) in [7, 11) is 0. The number of nitrogens with one attached hydrogen (secondary N) is 1. The zero-order valence-corrected chi connectivity index (χ0v) is 15.4. The molecule has 3 heterocycles. The second kappa shape index (κ2) is 8.53. The fraction of sp³-hybridized carbons (Fsp3) is 0.750. The van der Waals surface area contributed by atoms with Gasteiger partial charge in [0.05, 0.1) is 19.3 Å². The highest BCUT2D eigenvalue weighted by Crippen LogP contribution is 2.30. The van der Waals surface area contributed by atoms with Crippen LogP contribution >= 0.6 is 11.3 Å². The van der Waals surface area contributed by atoms with Gasteiger partial charge in [0, 0.05) is 31.6 Å². The summed E-state index contributed by atoms with van der Waals surface area (Å²) in [6, 6.07) is 0. The number of ether oxygens (including phenoxy) is 2. The third kappa shape index (κ3) is 4.86. The maximum atomic E-state index is 12.7. The zero-order valence-electron chi connectivity index (χ0n) is 14.6. The Labute approximate surface area is 154 Å². The first-order valence-electron chi connectivity index (χ1n) is 8.75. The summed E-state index contributed by atoms with van der Waals surface area (Å²) in [4.78, 5) is 10.2. The van der Waals surface area contributed by atoms with Crippen molar-refractivity contribution < 1.29 is 22.6 Å². The van der Waals surface area contributed by atoms with E-state index in [0.717, 1.165) is 36.2 Å². The Balaban J connectivity index is 1.65. The maximum Gasteiger partial charge on any atom is 0.434 e. The number of rotatable bonds is 4. The van der Waals surface area contributed by atoms with Gasteiger partial charge in [0.25, 0.3) is 0 Å². The Bertz CT molecular complexity index is 617. The molecule has 2 aliphatic rings. The molecule has 2 fully saturated rings. The van der Waals surface area contributed by atoms with Gasteiger partial charge >= 0.3 is 6.18 Å². The predicted octanol–water partition coefficient (Wildman–Crippen LogP) is 2.51. The summed E-state index contributed by atoms with van der Waals surface area (Å²) >= 11 is 0.975. The third-order valence-electron chi connectivity index (χ3n) is 4.31. The predicted molar refractivity (Wildman–Crippen MR) is 92.2 cm³/mol. The largest absolute Gasteiger partial charge is 0.434 e. The van der Waals surface area contributed by atoms with E-state index in [-0.39, 0.29) is 18.8 Å². The lowest BCUT2D eigenvalue weighted by Gasteiger charge is -2.37. The van der Waals surface area contributed by atoms with Crippen LogP contribution in [0.3, 0.4) is 0 Å². The van der Waals surface area contributed by atoms with Crippen molar-refractivity contribution in [2.45, 2.75) is 44.7 Å². The molecule has 6 nitrogen and oxygen atoms in total. The van der Waals surface area contributed by atoms with E-state index in [4.69, 9.17) is 9.47 Å². The highest BCUT2D eigenvalue weighted by Gasteiger charge is 2.34. The maximum absolute atomic E-state index is 12.7. The van der Waals surface area contributed by atoms with Crippen molar-refractivity contribution in [1.82, 2.24) is 15.2 Å². The number of guanidine groups is 1. The first-order valence-corrected chi connectivity index (χ1v) is 9.63. The van der Waals surface area contributed by atoms with Crippen LogP contribution in [0, 0.1) is 0 Å². The lowest BCUT2D eigenvalue weighted by Crippen LogP contribution is -2.53. The Morgan fingerprint density at radius 1 is 1.38 bits per heavy atom. The van der Waals surface area contributed by atoms with Crippen molar-refractivity contribution in [3.63, 3.8) is 0 Å². The van der Waals surface area contributed by atoms with E-state index >= 15 is 0 Å². The van der Waals surface area contributed by atoms with Gasteiger partial charge in [-0.15, -0.1) is 11.3 Å². The van der Waals surface area contributed by atoms with Gasteiger partial charge in [-0.3, -0.25) is 0 Å². The lowest BCUT2D eigenvalue weighted by atomic mass is 10.1. The quantitative estimate of drug-likeness (QED) is 0.630. The van der Waals surface area contributed by atoms with Gasteiger partial charge in [0.15, 0.2) is 11.7 Å². The summed E-state index contributed by atoms with van der Waals surface area (Å²) in [5.74, 6) is 0.669. The van der Waals surface area contributed by atoms with E-state index in [1.54, 1.807) is 0 Å². The highest BCUT2D eigenvalue weighted by atomic mass is 32.1. The zero-order chi connectivity index (χ0) is 18.6. The fourth-order valence-corrected chi connectivity index (χ4v) is 3.79. The summed E-state index contributed by atoms with van der Waals surface area (Å²) < 4.78 is 49.6. The van der Waals surface area contributed by atoms with Crippen molar-refractivity contribution in [2.75, 3.05) is 32.8 Å². The Morgan fingerprint density at radius 3 is 2.85 bits per heavy atom. The van der Waals surface area contributed by atoms with E-state index in [9.17, 15) is 13.2 Å². The normalized spacial score (nSPS) is 24.9. The number of morpholine rings is 1. The smallest absolute Gasteiger partial charge is 0.375 e. The van der Waals surface area contributed by atoms with Crippen LogP contribution in [0.15, 0.2) is 10.4 Å². The molecular formula is C16H23F3N4O2S. The van der Waals surface area contributed by atoms with E-state index in [2.05, 4.69) is 20.2 Å². The van der Waals surface area contributed by atoms with Gasteiger partial charge in [-0.25, -0.2) is 9.98 Å². The topological polar surface area (TPSA) is 59.0 Å². The van der Waals surface area contributed by atoms with Crippen LogP contribution < -0.4 is 5.32 Å². The SMILES string of the molecule is CCNC(=NCc1nc(C(F)(F)F)cs1)N1CCOC(C2CCCO2)C1. The molecule has 0 aromatic carbocycles. The number of aromatic nitrogens is 1. The number of hydrogen-bond donors (Lipinski definition) is 1. The van der Waals surface area contributed by atoms with Gasteiger partial charge in [-0.1, -0.05) is 0 Å². The molecule has 0 radical (unpaired) electrons. The monoisotopic (exact) mass is 392 g/mol. The van der Waals surface area contributed by atoms with Gasteiger partial charge < -0.3 is 19.7 Å². The Kier molecular flexibility index (Phi) is 6.36. The molecule has 1 N–H and O–H groups in total. The summed E-state index contributed by atoms with van der Waals surface area (Å²) in [6.07, 6.45) is -2.28. The van der Waals surface area contributed by atoms with E-state index in [1.807, 2.05) is 6.92 Å². The molecule has 0 amide bonds. The second-order valence-corrected chi connectivity index (χ2v) is 7.14. The molecule has 1 aromatic rings. The molecule has 2 saturated heterocycles. The van der Waals surface area contributed by atoms with Crippen molar-refractivity contribution >= 4 is 17.3 Å². The average Bonchev–Trinajstić information content (AvgIpc) is 3.30. The molecule has 0 spiro atoms. The molecule has 1 aromatic heterocycles. The summed E-state index contributed by atoms with van der Waals surface area (Å²) in [6.45, 7) is 5.42. The molecule has 10 heteroatoms. The molecule has 3 rings (SSSR count). The number of halogens is 3. The molecule has 2 atom stereocenters. The first-order chi connectivity index (χ1) is 12.5. The number of aliphatic imine (C=N–C) groups is 1. The van der Waals surface area contributed by atoms with Gasteiger partial charge in [-0.2, -0.15) is 13.2 Å². The van der Waals surface area contributed by atoms with Crippen LogP contribution in [-0.2, 0) is 22.2 Å². The molecule has 0 aliphatic carbocycles. The lowest BCUT2D eigenvalue weighted by molar-refractivity contribution is -0.140. The van der Waals surface area contributed by atoms with Crippen LogP contribution in [0.1, 0.15) is 30.5 Å². The van der Waals surface area contributed by atoms with Crippen LogP contribution in [0.25, 0.3) is 0 Å². The van der Waals surface area contributed by atoms with Gasteiger partial charge in [-0.05, 0) is 19.8 Å². The molecule has 0 bridgehead atoms. The number of thiazole rings is 1. The van der Waals surface area contributed by atoms with Crippen molar-refractivity contribution in [3.8, 4) is 0 Å². The number of hydrogen-bond acceptors (Lipinski definition) is 5. The van der Waals surface area contributed by atoms with Crippen molar-refractivity contribution in [2.24, 2.45) is 4.99 Å². The molecule has 2 unspecified atom stereocenters. The van der Waals surface area contributed by atoms with Gasteiger partial charge in [0.2, 0.25) is 0 Å². The minimum absolute atomic E-state index is 0.00759. The fourth-order valence-electron chi connectivity index (χ4n) is 3.07. The second-order valence-electron chi connectivity index (χ2n) is 6.20. The molecular weight excluding hydrogens is 369 g/mol. The number of nitrogens with zero attached hydrogens (tertiary/aromatic N) is 3. The van der Waals surface area contributed by atoms with E-state index < -0.39 is 11.9 Å². The minimum Gasteiger partial charge on any atom is -0.375 e. The molecule has 2 aliphatic heterocycles. The first kappa shape index (κ1) is 19.4. The van der Waals surface area contributed by atoms with E-state index in [1.165, 1.54) is 0 Å².